The molecule has 3 nitrogen and oxygen atoms in total. The molecule has 0 fully saturated rings. The summed E-state index contributed by atoms with van der Waals surface area (Å²) in [7, 11) is 1.85. The number of ether oxygens (including phenoxy) is 1. The maximum atomic E-state index is 11.9. The molecule has 1 rings (SSSR count). The van der Waals surface area contributed by atoms with Crippen LogP contribution in [-0.2, 0) is 11.3 Å². The van der Waals surface area contributed by atoms with Crippen molar-refractivity contribution in [3.8, 4) is 0 Å². The lowest BCUT2D eigenvalue weighted by Crippen LogP contribution is -2.25. The molecule has 0 aliphatic carbocycles. The molecule has 0 unspecified atom stereocenters. The molecule has 3 heteroatoms. The van der Waals surface area contributed by atoms with E-state index in [9.17, 15) is 4.79 Å². The van der Waals surface area contributed by atoms with Gasteiger partial charge in [-0.1, -0.05) is 18.2 Å². The Bertz CT molecular complexity index is 366. The Morgan fingerprint density at radius 1 is 1.31 bits per heavy atom. The van der Waals surface area contributed by atoms with Gasteiger partial charge >= 0.3 is 5.97 Å². The van der Waals surface area contributed by atoms with Gasteiger partial charge in [0.15, 0.2) is 0 Å². The maximum absolute atomic E-state index is 11.9. The number of carbonyl (C=O) groups is 1. The largest absolute Gasteiger partial charge is 0.456 e. The molecule has 1 N–H and O–H groups in total. The van der Waals surface area contributed by atoms with E-state index in [1.807, 2.05) is 46.0 Å². The van der Waals surface area contributed by atoms with Crippen molar-refractivity contribution in [2.75, 3.05) is 7.05 Å². The monoisotopic (exact) mass is 221 g/mol. The van der Waals surface area contributed by atoms with Gasteiger partial charge in [-0.25, -0.2) is 4.79 Å². The van der Waals surface area contributed by atoms with E-state index >= 15 is 0 Å². The molecule has 0 heterocycles. The SMILES string of the molecule is CNCc1ccccc1C(=O)OC(C)(C)C. The highest BCUT2D eigenvalue weighted by atomic mass is 16.6. The third-order valence-electron chi connectivity index (χ3n) is 2.00. The van der Waals surface area contributed by atoms with Crippen LogP contribution in [0.5, 0.6) is 0 Å². The van der Waals surface area contributed by atoms with Crippen LogP contribution in [0.1, 0.15) is 36.7 Å². The van der Waals surface area contributed by atoms with E-state index in [0.29, 0.717) is 12.1 Å². The molecule has 0 saturated carbocycles. The topological polar surface area (TPSA) is 38.3 Å². The first kappa shape index (κ1) is 12.7. The number of benzene rings is 1. The van der Waals surface area contributed by atoms with Crippen LogP contribution in [0.2, 0.25) is 0 Å². The van der Waals surface area contributed by atoms with E-state index in [1.54, 1.807) is 6.07 Å². The molecule has 0 amide bonds. The summed E-state index contributed by atoms with van der Waals surface area (Å²) in [6.45, 7) is 6.26. The van der Waals surface area contributed by atoms with Gasteiger partial charge in [0.2, 0.25) is 0 Å². The molecule has 0 atom stereocenters. The van der Waals surface area contributed by atoms with Crippen molar-refractivity contribution in [3.05, 3.63) is 35.4 Å². The summed E-state index contributed by atoms with van der Waals surface area (Å²) < 4.78 is 5.34. The summed E-state index contributed by atoms with van der Waals surface area (Å²) in [6, 6.07) is 7.48. The van der Waals surface area contributed by atoms with E-state index in [-0.39, 0.29) is 5.97 Å². The Morgan fingerprint density at radius 2 is 1.94 bits per heavy atom. The van der Waals surface area contributed by atoms with Gasteiger partial charge in [0.05, 0.1) is 5.56 Å². The molecule has 0 spiro atoms. The fraction of sp³-hybridized carbons (Fsp3) is 0.462. The van der Waals surface area contributed by atoms with E-state index in [1.165, 1.54) is 0 Å². The molecular weight excluding hydrogens is 202 g/mol. The number of rotatable bonds is 3. The minimum absolute atomic E-state index is 0.265. The molecule has 0 aromatic heterocycles. The molecule has 0 bridgehead atoms. The summed E-state index contributed by atoms with van der Waals surface area (Å²) in [5.74, 6) is -0.265. The summed E-state index contributed by atoms with van der Waals surface area (Å²) in [4.78, 5) is 11.9. The first-order valence-corrected chi connectivity index (χ1v) is 5.40. The van der Waals surface area contributed by atoms with Crippen molar-refractivity contribution in [1.82, 2.24) is 5.32 Å². The third-order valence-corrected chi connectivity index (χ3v) is 2.00. The second-order valence-electron chi connectivity index (χ2n) is 4.69. The number of hydrogen-bond donors (Lipinski definition) is 1. The zero-order chi connectivity index (χ0) is 12.2. The van der Waals surface area contributed by atoms with Crippen LogP contribution in [-0.4, -0.2) is 18.6 Å². The quantitative estimate of drug-likeness (QED) is 0.796. The standard InChI is InChI=1S/C13H19NO2/c1-13(2,3)16-12(15)11-8-6-5-7-10(11)9-14-4/h5-8,14H,9H2,1-4H3. The van der Waals surface area contributed by atoms with Crippen molar-refractivity contribution in [1.29, 1.82) is 0 Å². The lowest BCUT2D eigenvalue weighted by atomic mass is 10.1. The number of carbonyl (C=O) groups excluding carboxylic acids is 1. The van der Waals surface area contributed by atoms with Crippen LogP contribution in [0.15, 0.2) is 24.3 Å². The van der Waals surface area contributed by atoms with Crippen molar-refractivity contribution in [2.24, 2.45) is 0 Å². The van der Waals surface area contributed by atoms with Crippen LogP contribution in [0, 0.1) is 0 Å². The van der Waals surface area contributed by atoms with Gasteiger partial charge in [0, 0.05) is 6.54 Å². The molecule has 0 aliphatic heterocycles. The third kappa shape index (κ3) is 3.66. The molecule has 0 aliphatic rings. The highest BCUT2D eigenvalue weighted by Crippen LogP contribution is 2.15. The normalized spacial score (nSPS) is 11.2. The Hall–Kier alpha value is -1.35. The van der Waals surface area contributed by atoms with Gasteiger partial charge in [-0.2, -0.15) is 0 Å². The molecular formula is C13H19NO2. The van der Waals surface area contributed by atoms with Crippen LogP contribution in [0.3, 0.4) is 0 Å². The molecule has 16 heavy (non-hydrogen) atoms. The first-order chi connectivity index (χ1) is 7.44. The minimum Gasteiger partial charge on any atom is -0.456 e. The smallest absolute Gasteiger partial charge is 0.338 e. The summed E-state index contributed by atoms with van der Waals surface area (Å²) in [5.41, 5.74) is 1.13. The fourth-order valence-corrected chi connectivity index (χ4v) is 1.40. The van der Waals surface area contributed by atoms with Crippen LogP contribution >= 0.6 is 0 Å². The summed E-state index contributed by atoms with van der Waals surface area (Å²) >= 11 is 0. The van der Waals surface area contributed by atoms with Crippen molar-refractivity contribution >= 4 is 5.97 Å². The zero-order valence-electron chi connectivity index (χ0n) is 10.3. The van der Waals surface area contributed by atoms with Crippen molar-refractivity contribution < 1.29 is 9.53 Å². The maximum Gasteiger partial charge on any atom is 0.338 e. The second-order valence-corrected chi connectivity index (χ2v) is 4.69. The number of hydrogen-bond acceptors (Lipinski definition) is 3. The number of nitrogens with one attached hydrogen (secondary N) is 1. The lowest BCUT2D eigenvalue weighted by molar-refractivity contribution is 0.00683. The molecule has 1 aromatic carbocycles. The van der Waals surface area contributed by atoms with Crippen molar-refractivity contribution in [2.45, 2.75) is 32.9 Å². The van der Waals surface area contributed by atoms with Gasteiger partial charge in [0.1, 0.15) is 5.60 Å². The van der Waals surface area contributed by atoms with Crippen LogP contribution in [0.25, 0.3) is 0 Å². The van der Waals surface area contributed by atoms with E-state index < -0.39 is 5.60 Å². The highest BCUT2D eigenvalue weighted by molar-refractivity contribution is 5.91. The van der Waals surface area contributed by atoms with Gasteiger partial charge in [-0.05, 0) is 39.4 Å². The van der Waals surface area contributed by atoms with E-state index in [4.69, 9.17) is 4.74 Å². The Labute approximate surface area is 96.8 Å². The fourth-order valence-electron chi connectivity index (χ4n) is 1.40. The highest BCUT2D eigenvalue weighted by Gasteiger charge is 2.19. The number of esters is 1. The van der Waals surface area contributed by atoms with Gasteiger partial charge < -0.3 is 10.1 Å². The van der Waals surface area contributed by atoms with E-state index in [0.717, 1.165) is 5.56 Å². The Balaban J connectivity index is 2.90. The summed E-state index contributed by atoms with van der Waals surface area (Å²) in [6.07, 6.45) is 0. The van der Waals surface area contributed by atoms with Gasteiger partial charge in [-0.3, -0.25) is 0 Å². The minimum atomic E-state index is -0.455. The van der Waals surface area contributed by atoms with Crippen molar-refractivity contribution in [3.63, 3.8) is 0 Å². The molecule has 0 saturated heterocycles. The van der Waals surface area contributed by atoms with Crippen LogP contribution in [0.4, 0.5) is 0 Å². The van der Waals surface area contributed by atoms with E-state index in [2.05, 4.69) is 5.32 Å². The Morgan fingerprint density at radius 3 is 2.50 bits per heavy atom. The average Bonchev–Trinajstić information content (AvgIpc) is 2.16. The molecule has 1 aromatic rings. The average molecular weight is 221 g/mol. The zero-order valence-corrected chi connectivity index (χ0v) is 10.3. The predicted octanol–water partition coefficient (Wildman–Crippen LogP) is 2.36. The summed E-state index contributed by atoms with van der Waals surface area (Å²) in [5, 5.41) is 3.03. The van der Waals surface area contributed by atoms with Gasteiger partial charge in [-0.15, -0.1) is 0 Å². The molecule has 0 radical (unpaired) electrons. The molecule has 88 valence electrons. The predicted molar refractivity (Wildman–Crippen MR) is 64.4 cm³/mol. The Kier molecular flexibility index (Phi) is 4.07. The second kappa shape index (κ2) is 5.12. The first-order valence-electron chi connectivity index (χ1n) is 5.40. The lowest BCUT2D eigenvalue weighted by Gasteiger charge is -2.20. The van der Waals surface area contributed by atoms with Gasteiger partial charge in [0.25, 0.3) is 0 Å². The van der Waals surface area contributed by atoms with Crippen LogP contribution < -0.4 is 5.32 Å².